The molecule has 25 heavy (non-hydrogen) atoms. The van der Waals surface area contributed by atoms with Gasteiger partial charge in [0.15, 0.2) is 0 Å². The third kappa shape index (κ3) is 7.39. The highest BCUT2D eigenvalue weighted by Crippen LogP contribution is 2.12. The normalized spacial score (nSPS) is 10.1. The van der Waals surface area contributed by atoms with Gasteiger partial charge in [0.25, 0.3) is 5.91 Å². The van der Waals surface area contributed by atoms with Crippen molar-refractivity contribution < 1.29 is 9.59 Å². The van der Waals surface area contributed by atoms with Crippen LogP contribution in [0.4, 0.5) is 4.79 Å². The number of hydrogen-bond donors (Lipinski definition) is 3. The van der Waals surface area contributed by atoms with Crippen LogP contribution in [0.1, 0.15) is 22.3 Å². The average Bonchev–Trinajstić information content (AvgIpc) is 2.63. The Morgan fingerprint density at radius 3 is 2.32 bits per heavy atom. The maximum atomic E-state index is 11.8. The summed E-state index contributed by atoms with van der Waals surface area (Å²) < 4.78 is 1.06. The summed E-state index contributed by atoms with van der Waals surface area (Å²) >= 11 is 3.44. The number of aryl methyl sites for hydroxylation is 1. The fourth-order valence-corrected chi connectivity index (χ4v) is 2.74. The number of urea groups is 1. The van der Waals surface area contributed by atoms with Crippen molar-refractivity contribution in [2.45, 2.75) is 12.8 Å². The van der Waals surface area contributed by atoms with Gasteiger partial charge < -0.3 is 16.0 Å². The molecule has 2 rings (SSSR count). The molecule has 132 valence electrons. The second-order valence-electron chi connectivity index (χ2n) is 5.54. The SMILES string of the molecule is O=C(NCCCc1cccc(Br)c1)NCCNC(=O)c1ccccc1. The van der Waals surface area contributed by atoms with Gasteiger partial charge in [0, 0.05) is 29.7 Å². The molecule has 5 nitrogen and oxygen atoms in total. The zero-order chi connectivity index (χ0) is 17.9. The van der Waals surface area contributed by atoms with Crippen LogP contribution in [0.3, 0.4) is 0 Å². The van der Waals surface area contributed by atoms with E-state index in [2.05, 4.69) is 44.0 Å². The summed E-state index contributed by atoms with van der Waals surface area (Å²) in [5.74, 6) is -0.142. The molecule has 0 unspecified atom stereocenters. The van der Waals surface area contributed by atoms with Gasteiger partial charge in [-0.3, -0.25) is 4.79 Å². The smallest absolute Gasteiger partial charge is 0.314 e. The number of halogens is 1. The molecule has 0 aromatic heterocycles. The average molecular weight is 404 g/mol. The first-order chi connectivity index (χ1) is 12.1. The maximum absolute atomic E-state index is 11.8. The molecule has 0 atom stereocenters. The van der Waals surface area contributed by atoms with Crippen LogP contribution in [-0.4, -0.2) is 31.6 Å². The Kier molecular flexibility index (Phi) is 7.98. The van der Waals surface area contributed by atoms with Crippen molar-refractivity contribution in [2.75, 3.05) is 19.6 Å². The summed E-state index contributed by atoms with van der Waals surface area (Å²) in [5, 5.41) is 8.30. The van der Waals surface area contributed by atoms with Gasteiger partial charge in [-0.1, -0.05) is 46.3 Å². The number of rotatable bonds is 8. The van der Waals surface area contributed by atoms with E-state index < -0.39 is 0 Å². The van der Waals surface area contributed by atoms with Crippen molar-refractivity contribution in [2.24, 2.45) is 0 Å². The Hall–Kier alpha value is -2.34. The maximum Gasteiger partial charge on any atom is 0.314 e. The first kappa shape index (κ1) is 19.0. The van der Waals surface area contributed by atoms with E-state index in [1.54, 1.807) is 12.1 Å². The van der Waals surface area contributed by atoms with Crippen LogP contribution in [0.5, 0.6) is 0 Å². The summed E-state index contributed by atoms with van der Waals surface area (Å²) in [7, 11) is 0. The molecule has 0 radical (unpaired) electrons. The second-order valence-corrected chi connectivity index (χ2v) is 6.45. The Bertz CT molecular complexity index is 692. The van der Waals surface area contributed by atoms with Crippen molar-refractivity contribution in [3.05, 3.63) is 70.2 Å². The highest BCUT2D eigenvalue weighted by molar-refractivity contribution is 9.10. The second kappa shape index (κ2) is 10.5. The third-order valence-corrected chi connectivity index (χ3v) is 4.04. The molecule has 0 saturated heterocycles. The summed E-state index contributed by atoms with van der Waals surface area (Å²) in [5.41, 5.74) is 1.85. The number of hydrogen-bond acceptors (Lipinski definition) is 2. The number of amides is 3. The molecule has 0 aliphatic rings. The zero-order valence-corrected chi connectivity index (χ0v) is 15.5. The minimum Gasteiger partial charge on any atom is -0.350 e. The molecule has 0 heterocycles. The van der Waals surface area contributed by atoms with Crippen molar-refractivity contribution >= 4 is 27.9 Å². The molecule has 0 aliphatic carbocycles. The first-order valence-corrected chi connectivity index (χ1v) is 9.04. The lowest BCUT2D eigenvalue weighted by molar-refractivity contribution is 0.0954. The molecule has 0 bridgehead atoms. The Morgan fingerprint density at radius 1 is 0.840 bits per heavy atom. The summed E-state index contributed by atoms with van der Waals surface area (Å²) in [6.45, 7) is 1.38. The molecule has 2 aromatic carbocycles. The van der Waals surface area contributed by atoms with Gasteiger partial charge in [-0.25, -0.2) is 4.79 Å². The number of carbonyl (C=O) groups excluding carboxylic acids is 2. The van der Waals surface area contributed by atoms with Gasteiger partial charge in [0.2, 0.25) is 0 Å². The molecule has 0 aliphatic heterocycles. The highest BCUT2D eigenvalue weighted by atomic mass is 79.9. The van der Waals surface area contributed by atoms with Crippen LogP contribution >= 0.6 is 15.9 Å². The third-order valence-electron chi connectivity index (χ3n) is 3.55. The zero-order valence-electron chi connectivity index (χ0n) is 13.9. The van der Waals surface area contributed by atoms with Crippen molar-refractivity contribution in [3.8, 4) is 0 Å². The number of carbonyl (C=O) groups is 2. The first-order valence-electron chi connectivity index (χ1n) is 8.24. The quantitative estimate of drug-likeness (QED) is 0.592. The van der Waals surface area contributed by atoms with Crippen LogP contribution < -0.4 is 16.0 Å². The van der Waals surface area contributed by atoms with Crippen LogP contribution in [0.2, 0.25) is 0 Å². The van der Waals surface area contributed by atoms with E-state index in [0.717, 1.165) is 17.3 Å². The minimum atomic E-state index is -0.219. The topological polar surface area (TPSA) is 70.2 Å². The molecular weight excluding hydrogens is 382 g/mol. The summed E-state index contributed by atoms with van der Waals surface area (Å²) in [6.07, 6.45) is 1.78. The van der Waals surface area contributed by atoms with Gasteiger partial charge in [0.1, 0.15) is 0 Å². The van der Waals surface area contributed by atoms with Crippen molar-refractivity contribution in [3.63, 3.8) is 0 Å². The van der Waals surface area contributed by atoms with Crippen LogP contribution in [0, 0.1) is 0 Å². The fourth-order valence-electron chi connectivity index (χ4n) is 2.29. The lowest BCUT2D eigenvalue weighted by Crippen LogP contribution is -2.40. The molecule has 0 saturated carbocycles. The van der Waals surface area contributed by atoms with Crippen LogP contribution in [-0.2, 0) is 6.42 Å². The van der Waals surface area contributed by atoms with E-state index in [1.807, 2.05) is 30.3 Å². The van der Waals surface area contributed by atoms with E-state index in [1.165, 1.54) is 5.56 Å². The standard InChI is InChI=1S/C19H22BrN3O2/c20-17-10-4-6-15(14-17)7-5-11-22-19(25)23-13-12-21-18(24)16-8-2-1-3-9-16/h1-4,6,8-10,14H,5,7,11-13H2,(H,21,24)(H2,22,23,25). The lowest BCUT2D eigenvalue weighted by atomic mass is 10.1. The molecule has 0 fully saturated rings. The lowest BCUT2D eigenvalue weighted by Gasteiger charge is -2.09. The predicted octanol–water partition coefficient (Wildman–Crippen LogP) is 3.11. The van der Waals surface area contributed by atoms with Gasteiger partial charge in [-0.2, -0.15) is 0 Å². The monoisotopic (exact) mass is 403 g/mol. The van der Waals surface area contributed by atoms with E-state index >= 15 is 0 Å². The fraction of sp³-hybridized carbons (Fsp3) is 0.263. The highest BCUT2D eigenvalue weighted by Gasteiger charge is 2.04. The minimum absolute atomic E-state index is 0.142. The molecule has 6 heteroatoms. The van der Waals surface area contributed by atoms with Gasteiger partial charge in [-0.05, 0) is 42.7 Å². The molecular formula is C19H22BrN3O2. The summed E-state index contributed by atoms with van der Waals surface area (Å²) in [6, 6.07) is 16.9. The number of benzene rings is 2. The molecule has 0 spiro atoms. The van der Waals surface area contributed by atoms with E-state index in [0.29, 0.717) is 25.2 Å². The van der Waals surface area contributed by atoms with E-state index in [4.69, 9.17) is 0 Å². The molecule has 2 aromatic rings. The Morgan fingerprint density at radius 2 is 1.56 bits per heavy atom. The van der Waals surface area contributed by atoms with Gasteiger partial charge in [-0.15, -0.1) is 0 Å². The number of nitrogens with one attached hydrogen (secondary N) is 3. The van der Waals surface area contributed by atoms with Crippen LogP contribution in [0.15, 0.2) is 59.1 Å². The van der Waals surface area contributed by atoms with E-state index in [9.17, 15) is 9.59 Å². The predicted molar refractivity (Wildman–Crippen MR) is 103 cm³/mol. The Labute approximate surface area is 156 Å². The molecule has 3 amide bonds. The van der Waals surface area contributed by atoms with Crippen molar-refractivity contribution in [1.82, 2.24) is 16.0 Å². The largest absolute Gasteiger partial charge is 0.350 e. The molecule has 3 N–H and O–H groups in total. The van der Waals surface area contributed by atoms with Gasteiger partial charge in [0.05, 0.1) is 0 Å². The van der Waals surface area contributed by atoms with E-state index in [-0.39, 0.29) is 11.9 Å². The van der Waals surface area contributed by atoms with Crippen molar-refractivity contribution in [1.29, 1.82) is 0 Å². The summed E-state index contributed by atoms with van der Waals surface area (Å²) in [4.78, 5) is 23.5. The van der Waals surface area contributed by atoms with Gasteiger partial charge >= 0.3 is 6.03 Å². The Balaban J connectivity index is 1.53. The van der Waals surface area contributed by atoms with Crippen LogP contribution in [0.25, 0.3) is 0 Å².